The highest BCUT2D eigenvalue weighted by atomic mass is 79.9. The number of methoxy groups -OCH3 is 1. The predicted molar refractivity (Wildman–Crippen MR) is 125 cm³/mol. The first-order valence-corrected chi connectivity index (χ1v) is 10.9. The molecule has 1 heterocycles. The van der Waals surface area contributed by atoms with E-state index in [1.165, 1.54) is 11.8 Å². The molecular formula is C20H18BrClN4O3S. The minimum absolute atomic E-state index is 0.0201. The molecule has 1 saturated heterocycles. The number of hydrogen-bond acceptors (Lipinski definition) is 6. The highest BCUT2D eigenvalue weighted by Gasteiger charge is 2.32. The van der Waals surface area contributed by atoms with Crippen LogP contribution < -0.4 is 15.4 Å². The van der Waals surface area contributed by atoms with Gasteiger partial charge in [0, 0.05) is 17.1 Å². The monoisotopic (exact) mass is 508 g/mol. The third-order valence-electron chi connectivity index (χ3n) is 4.14. The summed E-state index contributed by atoms with van der Waals surface area (Å²) >= 11 is 10.4. The molecule has 2 aromatic carbocycles. The van der Waals surface area contributed by atoms with Crippen molar-refractivity contribution < 1.29 is 14.3 Å². The molecule has 3 rings (SSSR count). The fourth-order valence-electron chi connectivity index (χ4n) is 2.57. The van der Waals surface area contributed by atoms with Crippen molar-refractivity contribution in [2.24, 2.45) is 10.2 Å². The summed E-state index contributed by atoms with van der Waals surface area (Å²) in [6.45, 7) is 1.82. The highest BCUT2D eigenvalue weighted by molar-refractivity contribution is 9.10. The lowest BCUT2D eigenvalue weighted by atomic mass is 10.1. The van der Waals surface area contributed by atoms with Crippen molar-refractivity contribution in [3.05, 3.63) is 57.5 Å². The molecule has 156 valence electrons. The number of rotatable bonds is 6. The van der Waals surface area contributed by atoms with Crippen LogP contribution in [0.3, 0.4) is 0 Å². The van der Waals surface area contributed by atoms with Gasteiger partial charge in [-0.2, -0.15) is 5.10 Å². The van der Waals surface area contributed by atoms with Crippen LogP contribution in [0, 0.1) is 0 Å². The summed E-state index contributed by atoms with van der Waals surface area (Å²) in [6, 6.07) is 12.3. The summed E-state index contributed by atoms with van der Waals surface area (Å²) < 4.78 is 6.02. The summed E-state index contributed by atoms with van der Waals surface area (Å²) in [6.07, 6.45) is 0.0201. The van der Waals surface area contributed by atoms with Gasteiger partial charge < -0.3 is 15.4 Å². The largest absolute Gasteiger partial charge is 0.496 e. The van der Waals surface area contributed by atoms with Gasteiger partial charge in [-0.05, 0) is 70.9 Å². The second-order valence-corrected chi connectivity index (χ2v) is 8.78. The van der Waals surface area contributed by atoms with Gasteiger partial charge in [0.25, 0.3) is 0 Å². The number of benzene rings is 2. The maximum Gasteiger partial charge on any atom is 0.240 e. The summed E-state index contributed by atoms with van der Waals surface area (Å²) in [5.41, 5.74) is 2.15. The Balaban J connectivity index is 1.60. The SMILES string of the molecule is COc1ccc(/C(C)=N\N=C2\NC(=O)[C@H](CC(=O)Nc3ccc(Cl)cc3)S2)cc1Br. The molecule has 7 nitrogen and oxygen atoms in total. The Morgan fingerprint density at radius 1 is 1.30 bits per heavy atom. The number of nitrogens with zero attached hydrogens (tertiary/aromatic N) is 2. The minimum atomic E-state index is -0.568. The van der Waals surface area contributed by atoms with E-state index in [-0.39, 0.29) is 18.2 Å². The van der Waals surface area contributed by atoms with Gasteiger partial charge in [0.05, 0.1) is 17.3 Å². The van der Waals surface area contributed by atoms with Gasteiger partial charge >= 0.3 is 0 Å². The quantitative estimate of drug-likeness (QED) is 0.444. The van der Waals surface area contributed by atoms with E-state index in [0.717, 1.165) is 15.8 Å². The number of carbonyl (C=O) groups excluding carboxylic acids is 2. The highest BCUT2D eigenvalue weighted by Crippen LogP contribution is 2.26. The fraction of sp³-hybridized carbons (Fsp3) is 0.200. The molecule has 0 saturated carbocycles. The zero-order chi connectivity index (χ0) is 21.7. The van der Waals surface area contributed by atoms with Crippen molar-refractivity contribution in [3.8, 4) is 5.75 Å². The Kier molecular flexibility index (Phi) is 7.52. The zero-order valence-electron chi connectivity index (χ0n) is 16.1. The van der Waals surface area contributed by atoms with Crippen molar-refractivity contribution in [1.82, 2.24) is 5.32 Å². The zero-order valence-corrected chi connectivity index (χ0v) is 19.3. The standard InChI is InChI=1S/C20H18BrClN4O3S/c1-11(12-3-8-16(29-2)15(21)9-12)25-26-20-24-19(28)17(30-20)10-18(27)23-14-6-4-13(22)5-7-14/h3-9,17H,10H2,1-2H3,(H,23,27)(H,24,26,28)/b25-11-/t17-/m0/s1. The van der Waals surface area contributed by atoms with E-state index < -0.39 is 5.25 Å². The van der Waals surface area contributed by atoms with Crippen LogP contribution in [0.5, 0.6) is 5.75 Å². The van der Waals surface area contributed by atoms with Gasteiger partial charge in [-0.3, -0.25) is 9.59 Å². The lowest BCUT2D eigenvalue weighted by Gasteiger charge is -2.07. The van der Waals surface area contributed by atoms with Crippen molar-refractivity contribution in [3.63, 3.8) is 0 Å². The van der Waals surface area contributed by atoms with Gasteiger partial charge in [0.15, 0.2) is 5.17 Å². The van der Waals surface area contributed by atoms with Crippen LogP contribution in [0.2, 0.25) is 5.02 Å². The van der Waals surface area contributed by atoms with Crippen molar-refractivity contribution in [1.29, 1.82) is 0 Å². The predicted octanol–water partition coefficient (Wildman–Crippen LogP) is 4.45. The van der Waals surface area contributed by atoms with E-state index in [2.05, 4.69) is 36.8 Å². The molecule has 1 atom stereocenters. The average molecular weight is 510 g/mol. The number of ether oxygens (including phenoxy) is 1. The van der Waals surface area contributed by atoms with Crippen LogP contribution in [0.15, 0.2) is 57.1 Å². The van der Waals surface area contributed by atoms with Gasteiger partial charge in [0.2, 0.25) is 11.8 Å². The normalized spacial score (nSPS) is 17.7. The number of halogens is 2. The number of amides is 2. The molecule has 0 aliphatic carbocycles. The van der Waals surface area contributed by atoms with Gasteiger partial charge in [-0.1, -0.05) is 23.4 Å². The molecule has 1 aliphatic rings. The molecule has 2 N–H and O–H groups in total. The Labute approximate surface area is 191 Å². The maximum atomic E-state index is 12.2. The second kappa shape index (κ2) is 10.1. The molecule has 1 aliphatic heterocycles. The van der Waals surface area contributed by atoms with Gasteiger partial charge in [0.1, 0.15) is 11.0 Å². The summed E-state index contributed by atoms with van der Waals surface area (Å²) in [5.74, 6) is 0.176. The van der Waals surface area contributed by atoms with Crippen LogP contribution in [0.25, 0.3) is 0 Å². The maximum absolute atomic E-state index is 12.2. The molecule has 0 radical (unpaired) electrons. The smallest absolute Gasteiger partial charge is 0.240 e. The second-order valence-electron chi connectivity index (χ2n) is 6.29. The number of thioether (sulfide) groups is 1. The molecule has 2 aromatic rings. The van der Waals surface area contributed by atoms with Gasteiger partial charge in [-0.25, -0.2) is 0 Å². The third-order valence-corrected chi connectivity index (χ3v) is 6.08. The van der Waals surface area contributed by atoms with Crippen molar-refractivity contribution in [2.45, 2.75) is 18.6 Å². The number of nitrogens with one attached hydrogen (secondary N) is 2. The Bertz CT molecular complexity index is 1030. The lowest BCUT2D eigenvalue weighted by Crippen LogP contribution is -2.28. The van der Waals surface area contributed by atoms with E-state index >= 15 is 0 Å². The first-order valence-electron chi connectivity index (χ1n) is 8.85. The fourth-order valence-corrected chi connectivity index (χ4v) is 4.15. The van der Waals surface area contributed by atoms with E-state index in [1.54, 1.807) is 31.4 Å². The summed E-state index contributed by atoms with van der Waals surface area (Å²) in [4.78, 5) is 24.4. The van der Waals surface area contributed by atoms with Crippen molar-refractivity contribution in [2.75, 3.05) is 12.4 Å². The number of anilines is 1. The first-order chi connectivity index (χ1) is 14.4. The lowest BCUT2D eigenvalue weighted by molar-refractivity contribution is -0.122. The average Bonchev–Trinajstić information content (AvgIpc) is 3.07. The van der Waals surface area contributed by atoms with E-state index in [0.29, 0.717) is 21.6 Å². The molecule has 0 unspecified atom stereocenters. The summed E-state index contributed by atoms with van der Waals surface area (Å²) in [5, 5.41) is 14.1. The van der Waals surface area contributed by atoms with E-state index in [4.69, 9.17) is 16.3 Å². The van der Waals surface area contributed by atoms with E-state index in [9.17, 15) is 9.59 Å². The molecular weight excluding hydrogens is 492 g/mol. The Morgan fingerprint density at radius 3 is 2.70 bits per heavy atom. The Morgan fingerprint density at radius 2 is 2.03 bits per heavy atom. The third kappa shape index (κ3) is 5.84. The van der Waals surface area contributed by atoms with E-state index in [1.807, 2.05) is 25.1 Å². The van der Waals surface area contributed by atoms with Crippen LogP contribution in [-0.4, -0.2) is 35.1 Å². The van der Waals surface area contributed by atoms with Crippen molar-refractivity contribution >= 4 is 67.7 Å². The van der Waals surface area contributed by atoms with Crippen LogP contribution in [0.4, 0.5) is 5.69 Å². The van der Waals surface area contributed by atoms with Gasteiger partial charge in [-0.15, -0.1) is 5.10 Å². The van der Waals surface area contributed by atoms with Crippen LogP contribution >= 0.6 is 39.3 Å². The molecule has 0 aromatic heterocycles. The number of hydrogen-bond donors (Lipinski definition) is 2. The molecule has 2 amide bonds. The molecule has 1 fully saturated rings. The van der Waals surface area contributed by atoms with Crippen LogP contribution in [-0.2, 0) is 9.59 Å². The molecule has 30 heavy (non-hydrogen) atoms. The Hall–Kier alpha value is -2.36. The number of amidine groups is 1. The molecule has 0 spiro atoms. The first kappa shape index (κ1) is 22.3. The summed E-state index contributed by atoms with van der Waals surface area (Å²) in [7, 11) is 1.60. The van der Waals surface area contributed by atoms with Crippen LogP contribution in [0.1, 0.15) is 18.9 Å². The molecule has 10 heteroatoms. The minimum Gasteiger partial charge on any atom is -0.496 e. The number of carbonyl (C=O) groups is 2. The molecule has 0 bridgehead atoms. The topological polar surface area (TPSA) is 92.2 Å².